The average molecular weight is 556 g/mol. The second-order valence-electron chi connectivity index (χ2n) is 9.18. The molecule has 2 amide bonds. The predicted octanol–water partition coefficient (Wildman–Crippen LogP) is 4.23. The summed E-state index contributed by atoms with van der Waals surface area (Å²) in [6.45, 7) is 1.51. The molecule has 0 bridgehead atoms. The molecule has 1 aliphatic carbocycles. The zero-order valence-corrected chi connectivity index (χ0v) is 20.4. The first-order valence-corrected chi connectivity index (χ1v) is 12.3. The number of amides is 2. The molecule has 1 saturated carbocycles. The van der Waals surface area contributed by atoms with Crippen LogP contribution >= 0.6 is 15.9 Å². The largest absolute Gasteiger partial charge is 0.416 e. The Labute approximate surface area is 209 Å². The lowest BCUT2D eigenvalue weighted by atomic mass is 9.92. The molecule has 2 aromatic carbocycles. The summed E-state index contributed by atoms with van der Waals surface area (Å²) in [5.74, 6) is -1.98. The minimum absolute atomic E-state index is 0.0668. The van der Waals surface area contributed by atoms with E-state index in [-0.39, 0.29) is 23.9 Å². The van der Waals surface area contributed by atoms with Crippen molar-refractivity contribution in [2.45, 2.75) is 55.8 Å². The van der Waals surface area contributed by atoms with Crippen molar-refractivity contribution < 1.29 is 27.2 Å². The zero-order valence-electron chi connectivity index (χ0n) is 18.9. The number of nitrogens with one attached hydrogen (secondary N) is 3. The summed E-state index contributed by atoms with van der Waals surface area (Å²) >= 11 is 3.37. The Bertz CT molecular complexity index is 1080. The predicted molar refractivity (Wildman–Crippen MR) is 126 cm³/mol. The van der Waals surface area contributed by atoms with E-state index >= 15 is 0 Å². The van der Waals surface area contributed by atoms with Crippen molar-refractivity contribution >= 4 is 27.7 Å². The standard InChI is InChI=1S/C25H26BrF4N3O2/c26-17-6-3-15(4-7-17)12-21(22(34)32-18-2-1-11-31-14-18)33-23(35)24(9-10-24)19-8-5-16(13-20(19)27)25(28,29)30/h3-8,13,18,21,31H,1-2,9-12,14H2,(H,32,34)(H,33,35). The fourth-order valence-corrected chi connectivity index (χ4v) is 4.73. The number of piperidine rings is 1. The van der Waals surface area contributed by atoms with E-state index in [0.717, 1.165) is 41.6 Å². The topological polar surface area (TPSA) is 70.2 Å². The van der Waals surface area contributed by atoms with Crippen molar-refractivity contribution in [1.29, 1.82) is 0 Å². The summed E-state index contributed by atoms with van der Waals surface area (Å²) in [4.78, 5) is 26.5. The smallest absolute Gasteiger partial charge is 0.350 e. The van der Waals surface area contributed by atoms with Gasteiger partial charge in [-0.15, -0.1) is 0 Å². The molecule has 1 heterocycles. The SMILES string of the molecule is O=C(NC1CCCNC1)C(Cc1ccc(Br)cc1)NC(=O)C1(c2ccc(C(F)(F)F)cc2F)CC1. The summed E-state index contributed by atoms with van der Waals surface area (Å²) in [5.41, 5.74) is -1.65. The number of carbonyl (C=O) groups is 2. The van der Waals surface area contributed by atoms with E-state index in [1.54, 1.807) is 0 Å². The van der Waals surface area contributed by atoms with Crippen LogP contribution in [0.5, 0.6) is 0 Å². The molecule has 2 aromatic rings. The summed E-state index contributed by atoms with van der Waals surface area (Å²) in [7, 11) is 0. The molecule has 2 atom stereocenters. The molecule has 2 fully saturated rings. The Morgan fingerprint density at radius 2 is 1.86 bits per heavy atom. The fourth-order valence-electron chi connectivity index (χ4n) is 4.46. The Morgan fingerprint density at radius 3 is 2.43 bits per heavy atom. The van der Waals surface area contributed by atoms with Gasteiger partial charge in [0.2, 0.25) is 11.8 Å². The van der Waals surface area contributed by atoms with Crippen LogP contribution in [0.1, 0.15) is 42.4 Å². The highest BCUT2D eigenvalue weighted by Gasteiger charge is 2.53. The third kappa shape index (κ3) is 6.03. The third-order valence-electron chi connectivity index (χ3n) is 6.61. The molecule has 3 N–H and O–H groups in total. The van der Waals surface area contributed by atoms with Gasteiger partial charge in [0.1, 0.15) is 11.9 Å². The van der Waals surface area contributed by atoms with Gasteiger partial charge in [0.25, 0.3) is 0 Å². The second-order valence-corrected chi connectivity index (χ2v) is 10.1. The molecular weight excluding hydrogens is 530 g/mol. The Balaban J connectivity index is 1.54. The van der Waals surface area contributed by atoms with Crippen LogP contribution in [-0.4, -0.2) is 37.0 Å². The van der Waals surface area contributed by atoms with Gasteiger partial charge in [0.05, 0.1) is 11.0 Å². The zero-order chi connectivity index (χ0) is 25.2. The van der Waals surface area contributed by atoms with Crippen LogP contribution in [0.3, 0.4) is 0 Å². The van der Waals surface area contributed by atoms with Crippen LogP contribution in [0, 0.1) is 5.82 Å². The maximum Gasteiger partial charge on any atom is 0.416 e. The van der Waals surface area contributed by atoms with Gasteiger partial charge in [-0.1, -0.05) is 34.1 Å². The first kappa shape index (κ1) is 25.6. The normalized spacial score (nSPS) is 20.1. The highest BCUT2D eigenvalue weighted by molar-refractivity contribution is 9.10. The maximum absolute atomic E-state index is 14.7. The fraction of sp³-hybridized carbons (Fsp3) is 0.440. The number of benzene rings is 2. The number of rotatable bonds is 7. The van der Waals surface area contributed by atoms with Crippen molar-refractivity contribution in [3.05, 3.63) is 69.4 Å². The lowest BCUT2D eigenvalue weighted by molar-refractivity contribution is -0.137. The lowest BCUT2D eigenvalue weighted by Gasteiger charge is -2.28. The highest BCUT2D eigenvalue weighted by atomic mass is 79.9. The van der Waals surface area contributed by atoms with Crippen molar-refractivity contribution in [1.82, 2.24) is 16.0 Å². The summed E-state index contributed by atoms with van der Waals surface area (Å²) < 4.78 is 54.4. The molecule has 1 saturated heterocycles. The number of alkyl halides is 3. The van der Waals surface area contributed by atoms with Gasteiger partial charge >= 0.3 is 6.18 Å². The average Bonchev–Trinajstić information content (AvgIpc) is 3.62. The number of hydrogen-bond donors (Lipinski definition) is 3. The first-order chi connectivity index (χ1) is 16.6. The van der Waals surface area contributed by atoms with Crippen LogP contribution in [0.4, 0.5) is 17.6 Å². The number of halogens is 5. The second kappa shape index (κ2) is 10.3. The summed E-state index contributed by atoms with van der Waals surface area (Å²) in [6, 6.07) is 8.58. The molecule has 2 unspecified atom stereocenters. The van der Waals surface area contributed by atoms with Crippen LogP contribution in [0.25, 0.3) is 0 Å². The van der Waals surface area contributed by atoms with Gasteiger partial charge in [0.15, 0.2) is 0 Å². The molecule has 188 valence electrons. The number of carbonyl (C=O) groups excluding carboxylic acids is 2. The van der Waals surface area contributed by atoms with E-state index in [0.29, 0.717) is 25.5 Å². The molecular formula is C25H26BrF4N3O2. The van der Waals surface area contributed by atoms with Gasteiger partial charge in [-0.05, 0) is 62.1 Å². The summed E-state index contributed by atoms with van der Waals surface area (Å²) in [5, 5.41) is 8.97. The maximum atomic E-state index is 14.7. The van der Waals surface area contributed by atoms with E-state index in [4.69, 9.17) is 0 Å². The molecule has 0 radical (unpaired) electrons. The van der Waals surface area contributed by atoms with Gasteiger partial charge < -0.3 is 16.0 Å². The van der Waals surface area contributed by atoms with Crippen molar-refractivity contribution in [3.8, 4) is 0 Å². The molecule has 5 nitrogen and oxygen atoms in total. The molecule has 0 aromatic heterocycles. The van der Waals surface area contributed by atoms with Crippen LogP contribution < -0.4 is 16.0 Å². The third-order valence-corrected chi connectivity index (χ3v) is 7.14. The van der Waals surface area contributed by atoms with Crippen molar-refractivity contribution in [2.75, 3.05) is 13.1 Å². The van der Waals surface area contributed by atoms with Crippen LogP contribution in [0.15, 0.2) is 46.9 Å². The van der Waals surface area contributed by atoms with Crippen LogP contribution in [-0.2, 0) is 27.6 Å². The van der Waals surface area contributed by atoms with Crippen molar-refractivity contribution in [3.63, 3.8) is 0 Å². The molecule has 10 heteroatoms. The van der Waals surface area contributed by atoms with E-state index in [1.165, 1.54) is 0 Å². The minimum Gasteiger partial charge on any atom is -0.350 e. The minimum atomic E-state index is -4.68. The van der Waals surface area contributed by atoms with Gasteiger partial charge in [-0.2, -0.15) is 13.2 Å². The van der Waals surface area contributed by atoms with E-state index < -0.39 is 34.9 Å². The molecule has 4 rings (SSSR count). The van der Waals surface area contributed by atoms with E-state index in [9.17, 15) is 27.2 Å². The van der Waals surface area contributed by atoms with Gasteiger partial charge in [0, 0.05) is 29.0 Å². The summed E-state index contributed by atoms with van der Waals surface area (Å²) in [6.07, 6.45) is -2.14. The Kier molecular flexibility index (Phi) is 7.51. The van der Waals surface area contributed by atoms with E-state index in [2.05, 4.69) is 31.9 Å². The molecule has 1 aliphatic heterocycles. The van der Waals surface area contributed by atoms with Gasteiger partial charge in [-0.3, -0.25) is 9.59 Å². The van der Waals surface area contributed by atoms with Crippen molar-refractivity contribution in [2.24, 2.45) is 0 Å². The van der Waals surface area contributed by atoms with E-state index in [1.807, 2.05) is 24.3 Å². The Hall–Kier alpha value is -2.46. The number of hydrogen-bond acceptors (Lipinski definition) is 3. The quantitative estimate of drug-likeness (QED) is 0.448. The highest BCUT2D eigenvalue weighted by Crippen LogP contribution is 2.50. The lowest BCUT2D eigenvalue weighted by Crippen LogP contribution is -2.55. The van der Waals surface area contributed by atoms with Gasteiger partial charge in [-0.25, -0.2) is 4.39 Å². The molecule has 2 aliphatic rings. The molecule has 0 spiro atoms. The molecule has 35 heavy (non-hydrogen) atoms. The van der Waals surface area contributed by atoms with Crippen LogP contribution in [0.2, 0.25) is 0 Å². The monoisotopic (exact) mass is 555 g/mol. The first-order valence-electron chi connectivity index (χ1n) is 11.5. The Morgan fingerprint density at radius 1 is 1.14 bits per heavy atom.